The number of methoxy groups -OCH3 is 1. The normalized spacial score (nSPS) is 18.2. The predicted octanol–water partition coefficient (Wildman–Crippen LogP) is 6.39. The maximum atomic E-state index is 13.4. The smallest absolute Gasteiger partial charge is 0.266 e. The van der Waals surface area contributed by atoms with Crippen molar-refractivity contribution >= 4 is 40.3 Å². The molecule has 0 radical (unpaired) electrons. The number of rotatable bonds is 5. The maximum absolute atomic E-state index is 13.4. The average Bonchev–Trinajstić information content (AvgIpc) is 3.40. The number of carbonyl (C=O) groups excluding carboxylic acids is 1. The van der Waals surface area contributed by atoms with Crippen molar-refractivity contribution in [3.8, 4) is 22.7 Å². The summed E-state index contributed by atoms with van der Waals surface area (Å²) in [4.78, 5) is 15.9. The lowest BCUT2D eigenvalue weighted by Gasteiger charge is -2.29. The second-order valence-electron chi connectivity index (χ2n) is 8.74. The van der Waals surface area contributed by atoms with Gasteiger partial charge in [-0.05, 0) is 61.7 Å². The zero-order valence-corrected chi connectivity index (χ0v) is 21.0. The summed E-state index contributed by atoms with van der Waals surface area (Å²) in [7, 11) is 1.67. The van der Waals surface area contributed by atoms with E-state index in [-0.39, 0.29) is 11.9 Å². The standard InChI is InChI=1S/C27H27N3O2S2/c1-18-15-19(13-14-23(18)32-2)25-20(17-29(28-25)21-9-5-3-6-10-21)16-24-26(31)30(27(33)34-24)22-11-7-4-8-12-22/h3,5-6,9-10,13-17,22H,4,7-8,11-12H2,1-2H3. The molecule has 5 rings (SSSR count). The SMILES string of the molecule is COc1ccc(-c2nn(-c3ccccc3)cc2C=C2SC(=S)N(C3CCCCC3)C2=O)cc1C. The van der Waals surface area contributed by atoms with Gasteiger partial charge in [0.05, 0.1) is 17.7 Å². The molecule has 0 atom stereocenters. The van der Waals surface area contributed by atoms with Gasteiger partial charge in [-0.3, -0.25) is 9.69 Å². The molecule has 3 aromatic rings. The van der Waals surface area contributed by atoms with E-state index in [1.807, 2.05) is 71.2 Å². The van der Waals surface area contributed by atoms with Crippen molar-refractivity contribution in [2.45, 2.75) is 45.1 Å². The van der Waals surface area contributed by atoms with Crippen LogP contribution in [0, 0.1) is 6.92 Å². The molecule has 1 saturated heterocycles. The van der Waals surface area contributed by atoms with Crippen molar-refractivity contribution in [3.05, 3.63) is 70.8 Å². The molecule has 2 fully saturated rings. The Morgan fingerprint density at radius 3 is 2.59 bits per heavy atom. The molecular weight excluding hydrogens is 462 g/mol. The zero-order valence-electron chi connectivity index (χ0n) is 19.4. The lowest BCUT2D eigenvalue weighted by molar-refractivity contribution is -0.124. The highest BCUT2D eigenvalue weighted by atomic mass is 32.2. The number of thioether (sulfide) groups is 1. The van der Waals surface area contributed by atoms with Gasteiger partial charge in [-0.2, -0.15) is 5.10 Å². The Hall–Kier alpha value is -2.90. The number of thiocarbonyl (C=S) groups is 1. The lowest BCUT2D eigenvalue weighted by atomic mass is 9.94. The van der Waals surface area contributed by atoms with Crippen molar-refractivity contribution in [1.82, 2.24) is 14.7 Å². The van der Waals surface area contributed by atoms with Crippen LogP contribution in [-0.2, 0) is 4.79 Å². The quantitative estimate of drug-likeness (QED) is 0.307. The summed E-state index contributed by atoms with van der Waals surface area (Å²) in [6.07, 6.45) is 9.55. The number of nitrogens with zero attached hydrogens (tertiary/aromatic N) is 3. The molecule has 174 valence electrons. The van der Waals surface area contributed by atoms with Crippen LogP contribution in [0.25, 0.3) is 23.0 Å². The monoisotopic (exact) mass is 489 g/mol. The number of hydrogen-bond donors (Lipinski definition) is 0. The third-order valence-corrected chi connectivity index (χ3v) is 7.81. The summed E-state index contributed by atoms with van der Waals surface area (Å²) in [5.74, 6) is 0.854. The summed E-state index contributed by atoms with van der Waals surface area (Å²) in [6, 6.07) is 16.3. The van der Waals surface area contributed by atoms with Gasteiger partial charge in [0, 0.05) is 23.4 Å². The molecule has 0 bridgehead atoms. The van der Waals surface area contributed by atoms with E-state index in [4.69, 9.17) is 22.1 Å². The van der Waals surface area contributed by atoms with Gasteiger partial charge >= 0.3 is 0 Å². The molecule has 2 aliphatic rings. The van der Waals surface area contributed by atoms with E-state index in [2.05, 4.69) is 6.07 Å². The topological polar surface area (TPSA) is 47.4 Å². The zero-order chi connectivity index (χ0) is 23.7. The van der Waals surface area contributed by atoms with Gasteiger partial charge in [-0.1, -0.05) is 61.4 Å². The molecule has 0 unspecified atom stereocenters. The van der Waals surface area contributed by atoms with Crippen LogP contribution in [0.15, 0.2) is 59.6 Å². The lowest BCUT2D eigenvalue weighted by Crippen LogP contribution is -2.39. The highest BCUT2D eigenvalue weighted by Crippen LogP contribution is 2.38. The Morgan fingerprint density at radius 1 is 1.12 bits per heavy atom. The molecule has 0 N–H and O–H groups in total. The molecule has 1 aliphatic heterocycles. The van der Waals surface area contributed by atoms with Gasteiger partial charge in [-0.15, -0.1) is 0 Å². The summed E-state index contributed by atoms with van der Waals surface area (Å²) in [5, 5.41) is 4.91. The molecule has 1 amide bonds. The van der Waals surface area contributed by atoms with Crippen LogP contribution in [0.5, 0.6) is 5.75 Å². The van der Waals surface area contributed by atoms with Crippen LogP contribution in [-0.4, -0.2) is 38.1 Å². The molecule has 1 saturated carbocycles. The Balaban J connectivity index is 1.55. The first-order valence-corrected chi connectivity index (χ1v) is 12.8. The molecule has 5 nitrogen and oxygen atoms in total. The first kappa shape index (κ1) is 22.9. The third-order valence-electron chi connectivity index (χ3n) is 6.48. The summed E-state index contributed by atoms with van der Waals surface area (Å²) < 4.78 is 7.97. The maximum Gasteiger partial charge on any atom is 0.266 e. The van der Waals surface area contributed by atoms with E-state index < -0.39 is 0 Å². The molecule has 1 aromatic heterocycles. The molecule has 1 aliphatic carbocycles. The molecular formula is C27H27N3O2S2. The van der Waals surface area contributed by atoms with Gasteiger partial charge in [-0.25, -0.2) is 4.68 Å². The van der Waals surface area contributed by atoms with E-state index in [0.29, 0.717) is 9.23 Å². The average molecular weight is 490 g/mol. The summed E-state index contributed by atoms with van der Waals surface area (Å²) >= 11 is 7.04. The van der Waals surface area contributed by atoms with Gasteiger partial charge in [0.15, 0.2) is 0 Å². The third kappa shape index (κ3) is 4.42. The number of aryl methyl sites for hydroxylation is 1. The van der Waals surface area contributed by atoms with E-state index in [9.17, 15) is 4.79 Å². The minimum absolute atomic E-state index is 0.0197. The fourth-order valence-electron chi connectivity index (χ4n) is 4.73. The van der Waals surface area contributed by atoms with Crippen LogP contribution < -0.4 is 4.74 Å². The highest BCUT2D eigenvalue weighted by molar-refractivity contribution is 8.26. The van der Waals surface area contributed by atoms with E-state index >= 15 is 0 Å². The van der Waals surface area contributed by atoms with Gasteiger partial charge in [0.25, 0.3) is 5.91 Å². The largest absolute Gasteiger partial charge is 0.496 e. The predicted molar refractivity (Wildman–Crippen MR) is 142 cm³/mol. The Labute approximate surface area is 209 Å². The molecule has 34 heavy (non-hydrogen) atoms. The van der Waals surface area contributed by atoms with Gasteiger partial charge < -0.3 is 4.74 Å². The number of amides is 1. The fraction of sp³-hybridized carbons (Fsp3) is 0.296. The highest BCUT2D eigenvalue weighted by Gasteiger charge is 2.37. The molecule has 2 aromatic carbocycles. The molecule has 7 heteroatoms. The van der Waals surface area contributed by atoms with Crippen LogP contribution in [0.1, 0.15) is 43.2 Å². The van der Waals surface area contributed by atoms with Crippen molar-refractivity contribution in [2.75, 3.05) is 7.11 Å². The Morgan fingerprint density at radius 2 is 1.88 bits per heavy atom. The van der Waals surface area contributed by atoms with Crippen molar-refractivity contribution in [1.29, 1.82) is 0 Å². The van der Waals surface area contributed by atoms with Crippen molar-refractivity contribution in [3.63, 3.8) is 0 Å². The minimum atomic E-state index is 0.0197. The van der Waals surface area contributed by atoms with E-state index in [1.54, 1.807) is 7.11 Å². The number of benzene rings is 2. The number of ether oxygens (including phenoxy) is 1. The molecule has 2 heterocycles. The van der Waals surface area contributed by atoms with Crippen LogP contribution >= 0.6 is 24.0 Å². The van der Waals surface area contributed by atoms with E-state index in [1.165, 1.54) is 18.2 Å². The summed E-state index contributed by atoms with van der Waals surface area (Å²) in [5.41, 5.74) is 4.67. The van der Waals surface area contributed by atoms with Crippen molar-refractivity contribution in [2.24, 2.45) is 0 Å². The summed E-state index contributed by atoms with van der Waals surface area (Å²) in [6.45, 7) is 2.02. The van der Waals surface area contributed by atoms with Crippen LogP contribution in [0.2, 0.25) is 0 Å². The van der Waals surface area contributed by atoms with Gasteiger partial charge in [0.2, 0.25) is 0 Å². The fourth-order valence-corrected chi connectivity index (χ4v) is 6.12. The Bertz CT molecular complexity index is 1260. The minimum Gasteiger partial charge on any atom is -0.496 e. The van der Waals surface area contributed by atoms with Crippen LogP contribution in [0.3, 0.4) is 0 Å². The molecule has 0 spiro atoms. The van der Waals surface area contributed by atoms with Gasteiger partial charge in [0.1, 0.15) is 15.8 Å². The van der Waals surface area contributed by atoms with Crippen molar-refractivity contribution < 1.29 is 9.53 Å². The number of aromatic nitrogens is 2. The van der Waals surface area contributed by atoms with E-state index in [0.717, 1.165) is 59.5 Å². The first-order chi connectivity index (χ1) is 16.5. The van der Waals surface area contributed by atoms with Crippen LogP contribution in [0.4, 0.5) is 0 Å². The second kappa shape index (κ2) is 9.76. The number of carbonyl (C=O) groups is 1. The second-order valence-corrected chi connectivity index (χ2v) is 10.4. The number of hydrogen-bond acceptors (Lipinski definition) is 5. The Kier molecular flexibility index (Phi) is 6.57. The number of para-hydroxylation sites is 1. The first-order valence-electron chi connectivity index (χ1n) is 11.6.